The molecule has 6 heteroatoms. The van der Waals surface area contributed by atoms with Crippen molar-refractivity contribution in [1.29, 1.82) is 0 Å². The summed E-state index contributed by atoms with van der Waals surface area (Å²) in [6, 6.07) is 6.49. The molecule has 1 N–H and O–H groups in total. The van der Waals surface area contributed by atoms with E-state index < -0.39 is 0 Å². The van der Waals surface area contributed by atoms with E-state index in [1.165, 1.54) is 12.5 Å². The fraction of sp³-hybridized carbons (Fsp3) is 0.611. The molecule has 134 valence electrons. The van der Waals surface area contributed by atoms with Crippen LogP contribution in [0.4, 0.5) is 10.1 Å². The zero-order valence-electron chi connectivity index (χ0n) is 14.2. The Bertz CT molecular complexity index is 549. The zero-order chi connectivity index (χ0) is 16.2. The number of carbonyl (C=O) groups is 1. The maximum Gasteiger partial charge on any atom is 0.244 e. The molecule has 3 rings (SSSR count). The second-order valence-electron chi connectivity index (χ2n) is 6.62. The van der Waals surface area contributed by atoms with Crippen molar-refractivity contribution >= 4 is 24.0 Å². The van der Waals surface area contributed by atoms with Crippen molar-refractivity contribution in [2.45, 2.75) is 31.7 Å². The summed E-state index contributed by atoms with van der Waals surface area (Å²) in [6.07, 6.45) is 4.33. The Balaban J connectivity index is 0.00000208. The Kier molecular flexibility index (Phi) is 7.02. The first-order chi connectivity index (χ1) is 11.2. The predicted octanol–water partition coefficient (Wildman–Crippen LogP) is 2.67. The second-order valence-corrected chi connectivity index (χ2v) is 6.62. The van der Waals surface area contributed by atoms with Crippen LogP contribution >= 0.6 is 12.4 Å². The van der Waals surface area contributed by atoms with Crippen molar-refractivity contribution in [2.75, 3.05) is 38.1 Å². The van der Waals surface area contributed by atoms with Crippen LogP contribution in [0.15, 0.2) is 24.3 Å². The molecule has 1 atom stereocenters. The lowest BCUT2D eigenvalue weighted by Crippen LogP contribution is -2.46. The Morgan fingerprint density at radius 2 is 1.88 bits per heavy atom. The Morgan fingerprint density at radius 1 is 1.17 bits per heavy atom. The smallest absolute Gasteiger partial charge is 0.244 e. The molecule has 0 bridgehead atoms. The summed E-state index contributed by atoms with van der Waals surface area (Å²) >= 11 is 0. The number of piperidine rings is 1. The van der Waals surface area contributed by atoms with Gasteiger partial charge in [-0.05, 0) is 70.4 Å². The van der Waals surface area contributed by atoms with Gasteiger partial charge in [0.25, 0.3) is 0 Å². The monoisotopic (exact) mass is 355 g/mol. The van der Waals surface area contributed by atoms with E-state index in [2.05, 4.69) is 10.2 Å². The lowest BCUT2D eigenvalue weighted by molar-refractivity contribution is -0.122. The number of carbonyl (C=O) groups excluding carboxylic acids is 1. The lowest BCUT2D eigenvalue weighted by atomic mass is 9.92. The number of hydrogen-bond acceptors (Lipinski definition) is 3. The molecule has 2 aliphatic heterocycles. The highest BCUT2D eigenvalue weighted by Gasteiger charge is 2.38. The van der Waals surface area contributed by atoms with Gasteiger partial charge in [0.2, 0.25) is 5.91 Å². The van der Waals surface area contributed by atoms with E-state index in [0.29, 0.717) is 12.2 Å². The molecule has 0 spiro atoms. The van der Waals surface area contributed by atoms with E-state index in [1.54, 1.807) is 23.1 Å². The van der Waals surface area contributed by atoms with Gasteiger partial charge in [-0.15, -0.1) is 12.4 Å². The van der Waals surface area contributed by atoms with Crippen LogP contribution in [0.25, 0.3) is 0 Å². The molecule has 1 unspecified atom stereocenters. The third kappa shape index (κ3) is 4.08. The summed E-state index contributed by atoms with van der Waals surface area (Å²) < 4.78 is 13.9. The van der Waals surface area contributed by atoms with Gasteiger partial charge >= 0.3 is 0 Å². The number of anilines is 1. The molecule has 0 saturated carbocycles. The average Bonchev–Trinajstić information content (AvgIpc) is 2.95. The van der Waals surface area contributed by atoms with Crippen molar-refractivity contribution in [2.24, 2.45) is 5.92 Å². The van der Waals surface area contributed by atoms with Crippen molar-refractivity contribution < 1.29 is 9.18 Å². The summed E-state index contributed by atoms with van der Waals surface area (Å²) in [5.41, 5.74) is 0.420. The summed E-state index contributed by atoms with van der Waals surface area (Å²) in [4.78, 5) is 16.6. The fourth-order valence-electron chi connectivity index (χ4n) is 3.82. The number of halogens is 2. The Morgan fingerprint density at radius 3 is 2.54 bits per heavy atom. The largest absolute Gasteiger partial charge is 0.320 e. The molecule has 0 aromatic heterocycles. The standard InChI is InChI=1S/C18H26FN3O.ClH/c1-20-10-6-14-7-11-21(12-8-14)17-9-13-22(18(17)23)16-5-3-2-4-15(16)19;/h2-5,14,17,20H,6-13H2,1H3;1H. The van der Waals surface area contributed by atoms with Crippen LogP contribution in [0.5, 0.6) is 0 Å². The van der Waals surface area contributed by atoms with Crippen LogP contribution in [-0.2, 0) is 4.79 Å². The third-order valence-electron chi connectivity index (χ3n) is 5.21. The highest BCUT2D eigenvalue weighted by molar-refractivity contribution is 5.99. The van der Waals surface area contributed by atoms with Crippen molar-refractivity contribution in [3.63, 3.8) is 0 Å². The molecule has 1 aromatic rings. The van der Waals surface area contributed by atoms with Crippen LogP contribution in [0.1, 0.15) is 25.7 Å². The molecule has 1 aromatic carbocycles. The quantitative estimate of drug-likeness (QED) is 0.882. The maximum atomic E-state index is 13.9. The number of amides is 1. The molecular formula is C18H27ClFN3O. The SMILES string of the molecule is CNCCC1CCN(C2CCN(c3ccccc3F)C2=O)CC1.Cl. The van der Waals surface area contributed by atoms with Crippen LogP contribution in [-0.4, -0.2) is 50.1 Å². The number of rotatable bonds is 5. The normalized spacial score (nSPS) is 22.7. The first kappa shape index (κ1) is 19.2. The van der Waals surface area contributed by atoms with Gasteiger partial charge < -0.3 is 10.2 Å². The zero-order valence-corrected chi connectivity index (χ0v) is 15.0. The van der Waals surface area contributed by atoms with Crippen molar-refractivity contribution in [3.8, 4) is 0 Å². The predicted molar refractivity (Wildman–Crippen MR) is 97.2 cm³/mol. The molecule has 2 aliphatic rings. The maximum absolute atomic E-state index is 13.9. The van der Waals surface area contributed by atoms with Crippen LogP contribution in [0.2, 0.25) is 0 Å². The van der Waals surface area contributed by atoms with Gasteiger partial charge in [-0.3, -0.25) is 9.69 Å². The van der Waals surface area contributed by atoms with Gasteiger partial charge in [0.05, 0.1) is 11.7 Å². The number of likely N-dealkylation sites (tertiary alicyclic amines) is 1. The molecule has 2 saturated heterocycles. The molecule has 4 nitrogen and oxygen atoms in total. The van der Waals surface area contributed by atoms with E-state index in [0.717, 1.165) is 44.8 Å². The molecule has 2 heterocycles. The molecular weight excluding hydrogens is 329 g/mol. The molecule has 24 heavy (non-hydrogen) atoms. The minimum absolute atomic E-state index is 0. The lowest BCUT2D eigenvalue weighted by Gasteiger charge is -2.35. The summed E-state index contributed by atoms with van der Waals surface area (Å²) in [5, 5.41) is 3.21. The molecule has 1 amide bonds. The van der Waals surface area contributed by atoms with Crippen LogP contribution in [0.3, 0.4) is 0 Å². The number of benzene rings is 1. The van der Waals surface area contributed by atoms with E-state index in [1.807, 2.05) is 7.05 Å². The molecule has 2 fully saturated rings. The molecule has 0 radical (unpaired) electrons. The van der Waals surface area contributed by atoms with Gasteiger partial charge in [-0.1, -0.05) is 12.1 Å². The van der Waals surface area contributed by atoms with Gasteiger partial charge in [0.1, 0.15) is 5.82 Å². The topological polar surface area (TPSA) is 35.6 Å². The fourth-order valence-corrected chi connectivity index (χ4v) is 3.82. The Labute approximate surface area is 149 Å². The average molecular weight is 356 g/mol. The highest BCUT2D eigenvalue weighted by atomic mass is 35.5. The second kappa shape index (κ2) is 8.79. The van der Waals surface area contributed by atoms with Gasteiger partial charge in [-0.2, -0.15) is 0 Å². The van der Waals surface area contributed by atoms with Gasteiger partial charge in [0, 0.05) is 6.54 Å². The first-order valence-corrected chi connectivity index (χ1v) is 8.65. The number of para-hydroxylation sites is 1. The van der Waals surface area contributed by atoms with Crippen molar-refractivity contribution in [3.05, 3.63) is 30.1 Å². The van der Waals surface area contributed by atoms with E-state index in [9.17, 15) is 9.18 Å². The number of nitrogens with zero attached hydrogens (tertiary/aromatic N) is 2. The minimum atomic E-state index is -0.313. The van der Waals surface area contributed by atoms with Crippen LogP contribution < -0.4 is 10.2 Å². The van der Waals surface area contributed by atoms with E-state index >= 15 is 0 Å². The summed E-state index contributed by atoms with van der Waals surface area (Å²) in [5.74, 6) is 0.508. The van der Waals surface area contributed by atoms with E-state index in [-0.39, 0.29) is 30.2 Å². The highest BCUT2D eigenvalue weighted by Crippen LogP contribution is 2.29. The van der Waals surface area contributed by atoms with E-state index in [4.69, 9.17) is 0 Å². The Hall–Kier alpha value is -1.17. The summed E-state index contributed by atoms with van der Waals surface area (Å²) in [6.45, 7) is 3.64. The summed E-state index contributed by atoms with van der Waals surface area (Å²) in [7, 11) is 1.99. The van der Waals surface area contributed by atoms with Gasteiger partial charge in [0.15, 0.2) is 0 Å². The van der Waals surface area contributed by atoms with Gasteiger partial charge in [-0.25, -0.2) is 4.39 Å². The molecule has 0 aliphatic carbocycles. The van der Waals surface area contributed by atoms with Crippen LogP contribution in [0, 0.1) is 11.7 Å². The van der Waals surface area contributed by atoms with Crippen molar-refractivity contribution in [1.82, 2.24) is 10.2 Å². The first-order valence-electron chi connectivity index (χ1n) is 8.65. The minimum Gasteiger partial charge on any atom is -0.320 e. The number of hydrogen-bond donors (Lipinski definition) is 1. The third-order valence-corrected chi connectivity index (χ3v) is 5.21. The number of nitrogens with one attached hydrogen (secondary N) is 1.